The molecule has 3 amide bonds. The molecular weight excluding hydrogens is 330 g/mol. The first-order valence-electron chi connectivity index (χ1n) is 7.66. The van der Waals surface area contributed by atoms with Crippen molar-refractivity contribution in [2.75, 3.05) is 13.2 Å². The second kappa shape index (κ2) is 8.97. The monoisotopic (exact) mass is 349 g/mol. The topological polar surface area (TPSA) is 97.4 Å². The van der Waals surface area contributed by atoms with Crippen LogP contribution in [0, 0.1) is 0 Å². The number of hydrogen-bond acceptors (Lipinski definition) is 6. The number of urea groups is 1. The first kappa shape index (κ1) is 17.9. The van der Waals surface area contributed by atoms with Crippen LogP contribution in [0.25, 0.3) is 10.2 Å². The number of esters is 1. The van der Waals surface area contributed by atoms with Crippen molar-refractivity contribution in [3.8, 4) is 0 Å². The van der Waals surface area contributed by atoms with Crippen molar-refractivity contribution in [2.45, 2.75) is 26.2 Å². The third-order valence-corrected chi connectivity index (χ3v) is 4.13. The predicted octanol–water partition coefficient (Wildman–Crippen LogP) is 2.01. The highest BCUT2D eigenvalue weighted by molar-refractivity contribution is 7.18. The number of ether oxygens (including phenoxy) is 1. The van der Waals surface area contributed by atoms with Gasteiger partial charge in [0.05, 0.1) is 21.6 Å². The van der Waals surface area contributed by atoms with Gasteiger partial charge in [0.25, 0.3) is 5.91 Å². The lowest BCUT2D eigenvalue weighted by Gasteiger charge is -2.06. The smallest absolute Gasteiger partial charge is 0.321 e. The zero-order valence-electron chi connectivity index (χ0n) is 13.3. The van der Waals surface area contributed by atoms with E-state index in [0.29, 0.717) is 13.0 Å². The van der Waals surface area contributed by atoms with Crippen molar-refractivity contribution < 1.29 is 19.1 Å². The molecular formula is C16H19N3O4S. The van der Waals surface area contributed by atoms with Gasteiger partial charge < -0.3 is 10.1 Å². The van der Waals surface area contributed by atoms with Crippen molar-refractivity contribution in [2.24, 2.45) is 0 Å². The van der Waals surface area contributed by atoms with Crippen LogP contribution in [-0.2, 0) is 20.7 Å². The van der Waals surface area contributed by atoms with E-state index < -0.39 is 24.5 Å². The quantitative estimate of drug-likeness (QED) is 0.745. The van der Waals surface area contributed by atoms with Gasteiger partial charge in [-0.2, -0.15) is 0 Å². The number of carbonyl (C=O) groups excluding carboxylic acids is 3. The summed E-state index contributed by atoms with van der Waals surface area (Å²) in [4.78, 5) is 38.8. The average molecular weight is 349 g/mol. The first-order valence-corrected chi connectivity index (χ1v) is 8.48. The number of fused-ring (bicyclic) bond motifs is 1. The zero-order valence-corrected chi connectivity index (χ0v) is 14.1. The average Bonchev–Trinajstić information content (AvgIpc) is 2.99. The molecule has 2 rings (SSSR count). The lowest BCUT2D eigenvalue weighted by Crippen LogP contribution is -2.41. The molecule has 0 aliphatic rings. The number of benzene rings is 1. The van der Waals surface area contributed by atoms with Crippen LogP contribution < -0.4 is 10.6 Å². The molecule has 0 spiro atoms. The van der Waals surface area contributed by atoms with Gasteiger partial charge in [0.2, 0.25) is 0 Å². The maximum absolute atomic E-state index is 11.7. The molecule has 24 heavy (non-hydrogen) atoms. The predicted molar refractivity (Wildman–Crippen MR) is 90.7 cm³/mol. The second-order valence-electron chi connectivity index (χ2n) is 5.04. The van der Waals surface area contributed by atoms with Gasteiger partial charge in [-0.15, -0.1) is 11.3 Å². The van der Waals surface area contributed by atoms with E-state index >= 15 is 0 Å². The van der Waals surface area contributed by atoms with E-state index in [2.05, 4.69) is 15.6 Å². The SMILES string of the molecule is CCCNC(=O)NC(=O)COC(=O)CCc1nc2ccccc2s1. The molecule has 0 saturated carbocycles. The maximum Gasteiger partial charge on any atom is 0.321 e. The summed E-state index contributed by atoms with van der Waals surface area (Å²) >= 11 is 1.53. The molecule has 7 nitrogen and oxygen atoms in total. The van der Waals surface area contributed by atoms with E-state index in [0.717, 1.165) is 21.6 Å². The lowest BCUT2D eigenvalue weighted by molar-refractivity contribution is -0.148. The van der Waals surface area contributed by atoms with E-state index in [4.69, 9.17) is 4.74 Å². The Labute approximate surface area is 143 Å². The number of nitrogens with zero attached hydrogens (tertiary/aromatic N) is 1. The summed E-state index contributed by atoms with van der Waals surface area (Å²) in [5, 5.41) is 5.42. The summed E-state index contributed by atoms with van der Waals surface area (Å²) in [6, 6.07) is 7.15. The van der Waals surface area contributed by atoms with Crippen molar-refractivity contribution >= 4 is 39.5 Å². The zero-order chi connectivity index (χ0) is 17.4. The van der Waals surface area contributed by atoms with Crippen LogP contribution >= 0.6 is 11.3 Å². The summed E-state index contributed by atoms with van der Waals surface area (Å²) in [6.07, 6.45) is 1.36. The minimum atomic E-state index is -0.656. The van der Waals surface area contributed by atoms with Gasteiger partial charge in [0.15, 0.2) is 6.61 Å². The van der Waals surface area contributed by atoms with Gasteiger partial charge >= 0.3 is 12.0 Å². The van der Waals surface area contributed by atoms with Crippen LogP contribution in [0.2, 0.25) is 0 Å². The molecule has 0 saturated heterocycles. The lowest BCUT2D eigenvalue weighted by atomic mass is 10.3. The largest absolute Gasteiger partial charge is 0.456 e. The van der Waals surface area contributed by atoms with Crippen molar-refractivity contribution in [3.63, 3.8) is 0 Å². The molecule has 8 heteroatoms. The minimum Gasteiger partial charge on any atom is -0.456 e. The molecule has 2 aromatic rings. The van der Waals surface area contributed by atoms with Crippen LogP contribution in [0.4, 0.5) is 4.79 Å². The minimum absolute atomic E-state index is 0.134. The van der Waals surface area contributed by atoms with Crippen LogP contribution in [0.5, 0.6) is 0 Å². The van der Waals surface area contributed by atoms with E-state index in [1.54, 1.807) is 0 Å². The molecule has 0 bridgehead atoms. The third-order valence-electron chi connectivity index (χ3n) is 3.03. The number of hydrogen-bond donors (Lipinski definition) is 2. The molecule has 2 N–H and O–H groups in total. The Balaban J connectivity index is 1.69. The highest BCUT2D eigenvalue weighted by Crippen LogP contribution is 2.22. The van der Waals surface area contributed by atoms with Gasteiger partial charge in [0, 0.05) is 13.0 Å². The Morgan fingerprint density at radius 1 is 1.25 bits per heavy atom. The van der Waals surface area contributed by atoms with E-state index in [1.165, 1.54) is 11.3 Å². The number of aromatic nitrogens is 1. The number of rotatable bonds is 7. The normalized spacial score (nSPS) is 10.4. The summed E-state index contributed by atoms with van der Waals surface area (Å²) in [7, 11) is 0. The molecule has 0 radical (unpaired) electrons. The highest BCUT2D eigenvalue weighted by atomic mass is 32.1. The Bertz CT molecular complexity index is 696. The molecule has 1 aromatic carbocycles. The van der Waals surface area contributed by atoms with Crippen LogP contribution in [0.15, 0.2) is 24.3 Å². The molecule has 1 heterocycles. The number of nitrogens with one attached hydrogen (secondary N) is 2. The fourth-order valence-electron chi connectivity index (χ4n) is 1.90. The molecule has 128 valence electrons. The highest BCUT2D eigenvalue weighted by Gasteiger charge is 2.12. The first-order chi connectivity index (χ1) is 11.6. The molecule has 1 aromatic heterocycles. The van der Waals surface area contributed by atoms with E-state index in [-0.39, 0.29) is 6.42 Å². The maximum atomic E-state index is 11.7. The van der Waals surface area contributed by atoms with Gasteiger partial charge in [-0.05, 0) is 18.6 Å². The van der Waals surface area contributed by atoms with E-state index in [1.807, 2.05) is 31.2 Å². The summed E-state index contributed by atoms with van der Waals surface area (Å²) in [5.41, 5.74) is 0.906. The van der Waals surface area contributed by atoms with Crippen LogP contribution in [0.1, 0.15) is 24.8 Å². The second-order valence-corrected chi connectivity index (χ2v) is 6.16. The molecule has 0 unspecified atom stereocenters. The summed E-state index contributed by atoms with van der Waals surface area (Å²) in [6.45, 7) is 1.90. The van der Waals surface area contributed by atoms with Crippen molar-refractivity contribution in [1.82, 2.24) is 15.6 Å². The van der Waals surface area contributed by atoms with Crippen LogP contribution in [-0.4, -0.2) is 36.0 Å². The molecule has 0 aliphatic heterocycles. The number of amides is 3. The van der Waals surface area contributed by atoms with Gasteiger partial charge in [-0.3, -0.25) is 14.9 Å². The van der Waals surface area contributed by atoms with Gasteiger partial charge in [-0.25, -0.2) is 9.78 Å². The fraction of sp³-hybridized carbons (Fsp3) is 0.375. The Morgan fingerprint density at radius 3 is 2.79 bits per heavy atom. The van der Waals surface area contributed by atoms with E-state index in [9.17, 15) is 14.4 Å². The Kier molecular flexibility index (Phi) is 6.68. The number of para-hydroxylation sites is 1. The number of carbonyl (C=O) groups is 3. The Hall–Kier alpha value is -2.48. The number of aryl methyl sites for hydroxylation is 1. The summed E-state index contributed by atoms with van der Waals surface area (Å²) in [5.74, 6) is -1.16. The fourth-order valence-corrected chi connectivity index (χ4v) is 2.87. The summed E-state index contributed by atoms with van der Waals surface area (Å²) < 4.78 is 5.92. The molecule has 0 fully saturated rings. The van der Waals surface area contributed by atoms with Gasteiger partial charge in [0.1, 0.15) is 0 Å². The van der Waals surface area contributed by atoms with Crippen molar-refractivity contribution in [3.05, 3.63) is 29.3 Å². The molecule has 0 atom stereocenters. The molecule has 0 aliphatic carbocycles. The van der Waals surface area contributed by atoms with Crippen LogP contribution in [0.3, 0.4) is 0 Å². The number of imide groups is 1. The third kappa shape index (κ3) is 5.62. The standard InChI is InChI=1S/C16H19N3O4S/c1-2-9-17-16(22)19-13(20)10-23-15(21)8-7-14-18-11-5-3-4-6-12(11)24-14/h3-6H,2,7-10H2,1H3,(H2,17,19,20,22). The van der Waals surface area contributed by atoms with Crippen molar-refractivity contribution in [1.29, 1.82) is 0 Å². The number of thiazole rings is 1. The van der Waals surface area contributed by atoms with Gasteiger partial charge in [-0.1, -0.05) is 19.1 Å². The Morgan fingerprint density at radius 2 is 2.04 bits per heavy atom.